The lowest BCUT2D eigenvalue weighted by Gasteiger charge is -2.06. The van der Waals surface area contributed by atoms with E-state index in [0.29, 0.717) is 11.7 Å². The van der Waals surface area contributed by atoms with Gasteiger partial charge in [0.25, 0.3) is 11.3 Å². The van der Waals surface area contributed by atoms with Crippen LogP contribution in [0.15, 0.2) is 24.3 Å². The van der Waals surface area contributed by atoms with E-state index in [-0.39, 0.29) is 0 Å². The van der Waals surface area contributed by atoms with E-state index in [9.17, 15) is 4.21 Å². The first-order valence-electron chi connectivity index (χ1n) is 4.48. The Hall–Kier alpha value is -1.07. The van der Waals surface area contributed by atoms with Crippen molar-refractivity contribution in [2.45, 2.75) is 18.9 Å². The molecule has 1 atom stereocenters. The normalized spacial score (nSPS) is 17.5. The predicted molar refractivity (Wildman–Crippen MR) is 57.5 cm³/mol. The van der Waals surface area contributed by atoms with Crippen molar-refractivity contribution in [2.75, 3.05) is 10.0 Å². The third-order valence-corrected chi connectivity index (χ3v) is 2.43. The van der Waals surface area contributed by atoms with Crippen molar-refractivity contribution < 1.29 is 8.76 Å². The van der Waals surface area contributed by atoms with Crippen LogP contribution in [0.5, 0.6) is 0 Å². The molecule has 14 heavy (non-hydrogen) atoms. The average molecular weight is 212 g/mol. The molecule has 1 aromatic carbocycles. The fourth-order valence-electron chi connectivity index (χ4n) is 1.24. The van der Waals surface area contributed by atoms with Crippen LogP contribution in [-0.4, -0.2) is 14.8 Å². The third kappa shape index (κ3) is 2.71. The first-order chi connectivity index (χ1) is 6.74. The maximum absolute atomic E-state index is 10.5. The Morgan fingerprint density at radius 2 is 2.07 bits per heavy atom. The van der Waals surface area contributed by atoms with Crippen molar-refractivity contribution in [3.8, 4) is 0 Å². The summed E-state index contributed by atoms with van der Waals surface area (Å²) in [6.07, 6.45) is 2.42. The molecule has 0 heterocycles. The standard InChI is InChI=1S/C9H12N2O2S/c12-14(13)11-9-3-1-2-8(6-9)10-7-4-5-7/h1-3,6-7,10-11H,4-5H2,(H,12,13). The molecule has 5 heteroatoms. The second kappa shape index (κ2) is 3.98. The zero-order chi connectivity index (χ0) is 9.97. The molecule has 1 saturated carbocycles. The fourth-order valence-corrected chi connectivity index (χ4v) is 1.57. The lowest BCUT2D eigenvalue weighted by atomic mass is 10.3. The van der Waals surface area contributed by atoms with Crippen LogP contribution < -0.4 is 10.0 Å². The van der Waals surface area contributed by atoms with Gasteiger partial charge in [0.1, 0.15) is 0 Å². The summed E-state index contributed by atoms with van der Waals surface area (Å²) in [5, 5.41) is 3.31. The van der Waals surface area contributed by atoms with Gasteiger partial charge in [0.2, 0.25) is 0 Å². The first kappa shape index (κ1) is 9.48. The Balaban J connectivity index is 2.05. The van der Waals surface area contributed by atoms with Gasteiger partial charge in [0.15, 0.2) is 0 Å². The maximum Gasteiger partial charge on any atom is 0.259 e. The van der Waals surface area contributed by atoms with Crippen LogP contribution in [0, 0.1) is 0 Å². The number of hydrogen-bond acceptors (Lipinski definition) is 2. The predicted octanol–water partition coefficient (Wildman–Crippen LogP) is 1.81. The maximum atomic E-state index is 10.5. The van der Waals surface area contributed by atoms with E-state index >= 15 is 0 Å². The number of benzene rings is 1. The summed E-state index contributed by atoms with van der Waals surface area (Å²) in [7, 11) is 0. The zero-order valence-corrected chi connectivity index (χ0v) is 8.38. The Morgan fingerprint density at radius 3 is 2.71 bits per heavy atom. The summed E-state index contributed by atoms with van der Waals surface area (Å²) in [6, 6.07) is 7.97. The van der Waals surface area contributed by atoms with Gasteiger partial charge in [-0.2, -0.15) is 0 Å². The summed E-state index contributed by atoms with van der Waals surface area (Å²) >= 11 is -2.00. The second-order valence-electron chi connectivity index (χ2n) is 3.35. The molecule has 0 spiro atoms. The fraction of sp³-hybridized carbons (Fsp3) is 0.333. The van der Waals surface area contributed by atoms with Gasteiger partial charge in [-0.15, -0.1) is 0 Å². The molecule has 0 radical (unpaired) electrons. The van der Waals surface area contributed by atoms with Crippen LogP contribution in [0.3, 0.4) is 0 Å². The smallest absolute Gasteiger partial charge is 0.259 e. The third-order valence-electron chi connectivity index (χ3n) is 2.02. The molecule has 0 bridgehead atoms. The minimum absolute atomic E-state index is 0.588. The highest BCUT2D eigenvalue weighted by Gasteiger charge is 2.20. The van der Waals surface area contributed by atoms with Crippen molar-refractivity contribution >= 4 is 22.6 Å². The summed E-state index contributed by atoms with van der Waals surface area (Å²) in [6.45, 7) is 0. The first-order valence-corrected chi connectivity index (χ1v) is 5.59. The van der Waals surface area contributed by atoms with Crippen LogP contribution in [0.25, 0.3) is 0 Å². The Bertz CT molecular complexity index is 352. The highest BCUT2D eigenvalue weighted by atomic mass is 32.2. The molecule has 0 aromatic heterocycles. The van der Waals surface area contributed by atoms with E-state index in [1.54, 1.807) is 6.07 Å². The molecular weight excluding hydrogens is 200 g/mol. The SMILES string of the molecule is O=S(O)Nc1cccc(NC2CC2)c1. The van der Waals surface area contributed by atoms with Crippen LogP contribution >= 0.6 is 0 Å². The Kier molecular flexibility index (Phi) is 2.69. The number of nitrogens with one attached hydrogen (secondary N) is 2. The molecule has 1 unspecified atom stereocenters. The lowest BCUT2D eigenvalue weighted by molar-refractivity contribution is 0.570. The molecule has 2 rings (SSSR count). The van der Waals surface area contributed by atoms with Crippen molar-refractivity contribution in [3.05, 3.63) is 24.3 Å². The van der Waals surface area contributed by atoms with Gasteiger partial charge in [0, 0.05) is 11.7 Å². The minimum Gasteiger partial charge on any atom is -0.382 e. The van der Waals surface area contributed by atoms with Crippen molar-refractivity contribution in [1.29, 1.82) is 0 Å². The summed E-state index contributed by atoms with van der Waals surface area (Å²) in [4.78, 5) is 0. The molecule has 0 aliphatic heterocycles. The van der Waals surface area contributed by atoms with E-state index in [2.05, 4.69) is 10.0 Å². The Labute approximate surface area is 85.1 Å². The lowest BCUT2D eigenvalue weighted by Crippen LogP contribution is -2.04. The Morgan fingerprint density at radius 1 is 1.36 bits per heavy atom. The van der Waals surface area contributed by atoms with Crippen molar-refractivity contribution in [3.63, 3.8) is 0 Å². The number of anilines is 2. The van der Waals surface area contributed by atoms with Crippen LogP contribution in [-0.2, 0) is 11.3 Å². The number of hydrogen-bond donors (Lipinski definition) is 3. The zero-order valence-electron chi connectivity index (χ0n) is 7.56. The van der Waals surface area contributed by atoms with Crippen molar-refractivity contribution in [1.82, 2.24) is 0 Å². The van der Waals surface area contributed by atoms with Gasteiger partial charge in [-0.25, -0.2) is 4.21 Å². The molecule has 1 fully saturated rings. The van der Waals surface area contributed by atoms with Crippen LogP contribution in [0.2, 0.25) is 0 Å². The van der Waals surface area contributed by atoms with E-state index in [4.69, 9.17) is 4.55 Å². The van der Waals surface area contributed by atoms with Crippen LogP contribution in [0.1, 0.15) is 12.8 Å². The largest absolute Gasteiger partial charge is 0.382 e. The monoisotopic (exact) mass is 212 g/mol. The van der Waals surface area contributed by atoms with Crippen molar-refractivity contribution in [2.24, 2.45) is 0 Å². The van der Waals surface area contributed by atoms with E-state index < -0.39 is 11.3 Å². The summed E-state index contributed by atoms with van der Waals surface area (Å²) in [5.41, 5.74) is 1.64. The highest BCUT2D eigenvalue weighted by molar-refractivity contribution is 7.80. The van der Waals surface area contributed by atoms with E-state index in [0.717, 1.165) is 5.69 Å². The van der Waals surface area contributed by atoms with Crippen LogP contribution in [0.4, 0.5) is 11.4 Å². The van der Waals surface area contributed by atoms with Gasteiger partial charge in [0.05, 0.1) is 5.69 Å². The van der Waals surface area contributed by atoms with Gasteiger partial charge in [-0.3, -0.25) is 9.27 Å². The average Bonchev–Trinajstić information content (AvgIpc) is 2.87. The topological polar surface area (TPSA) is 61.4 Å². The summed E-state index contributed by atoms with van der Waals surface area (Å²) < 4.78 is 21.6. The quantitative estimate of drug-likeness (QED) is 0.667. The molecule has 76 valence electrons. The molecular formula is C9H12N2O2S. The van der Waals surface area contributed by atoms with Gasteiger partial charge in [-0.1, -0.05) is 6.07 Å². The molecule has 0 saturated heterocycles. The minimum atomic E-state index is -2.00. The van der Waals surface area contributed by atoms with Gasteiger partial charge in [-0.05, 0) is 31.0 Å². The molecule has 1 aromatic rings. The molecule has 1 aliphatic carbocycles. The van der Waals surface area contributed by atoms with E-state index in [1.807, 2.05) is 18.2 Å². The molecule has 4 nitrogen and oxygen atoms in total. The van der Waals surface area contributed by atoms with Gasteiger partial charge < -0.3 is 5.32 Å². The van der Waals surface area contributed by atoms with Gasteiger partial charge >= 0.3 is 0 Å². The summed E-state index contributed by atoms with van der Waals surface area (Å²) in [5.74, 6) is 0. The highest BCUT2D eigenvalue weighted by Crippen LogP contribution is 2.25. The second-order valence-corrected chi connectivity index (χ2v) is 4.05. The molecule has 0 amide bonds. The molecule has 1 aliphatic rings. The molecule has 3 N–H and O–H groups in total. The number of rotatable bonds is 4. The van der Waals surface area contributed by atoms with E-state index in [1.165, 1.54) is 12.8 Å².